The molecular weight excluding hydrogens is 264 g/mol. The van der Waals surface area contributed by atoms with Crippen molar-refractivity contribution >= 4 is 11.4 Å². The summed E-state index contributed by atoms with van der Waals surface area (Å²) in [5.41, 5.74) is 2.54. The first-order valence-electron chi connectivity index (χ1n) is 8.06. The summed E-state index contributed by atoms with van der Waals surface area (Å²) >= 11 is 0. The second kappa shape index (κ2) is 9.64. The molecule has 0 saturated carbocycles. The summed E-state index contributed by atoms with van der Waals surface area (Å²) in [6.45, 7) is 5.47. The zero-order valence-corrected chi connectivity index (χ0v) is 13.1. The average molecular weight is 292 g/mol. The highest BCUT2D eigenvalue weighted by molar-refractivity contribution is 5.55. The van der Waals surface area contributed by atoms with E-state index in [1.165, 1.54) is 43.7 Å². The lowest BCUT2D eigenvalue weighted by molar-refractivity contribution is 0.0705. The van der Waals surface area contributed by atoms with E-state index in [1.807, 2.05) is 0 Å². The molecule has 2 rings (SSSR count). The molecule has 1 aromatic carbocycles. The lowest BCUT2D eigenvalue weighted by Crippen LogP contribution is -2.29. The van der Waals surface area contributed by atoms with E-state index in [0.29, 0.717) is 13.2 Å². The van der Waals surface area contributed by atoms with Crippen molar-refractivity contribution in [1.82, 2.24) is 0 Å². The fourth-order valence-electron chi connectivity index (χ4n) is 2.59. The normalized spacial score (nSPS) is 15.2. The Morgan fingerprint density at radius 2 is 1.76 bits per heavy atom. The van der Waals surface area contributed by atoms with Crippen molar-refractivity contribution in [3.63, 3.8) is 0 Å². The maximum atomic E-state index is 5.44. The average Bonchev–Trinajstić information content (AvgIpc) is 2.55. The molecule has 4 nitrogen and oxygen atoms in total. The van der Waals surface area contributed by atoms with Crippen LogP contribution in [-0.4, -0.2) is 46.6 Å². The van der Waals surface area contributed by atoms with Crippen LogP contribution in [-0.2, 0) is 9.47 Å². The quantitative estimate of drug-likeness (QED) is 0.709. The fourth-order valence-corrected chi connectivity index (χ4v) is 2.59. The third-order valence-electron chi connectivity index (χ3n) is 3.81. The standard InChI is InChI=1S/C17H28N2O2/c1-20-14-15-21-13-5-10-18-16-6-8-17(9-7-16)19-11-3-2-4-12-19/h6-9,18H,2-5,10-15H2,1H3. The second-order valence-electron chi connectivity index (χ2n) is 5.48. The number of hydrogen-bond acceptors (Lipinski definition) is 4. The molecule has 1 aliphatic rings. The van der Waals surface area contributed by atoms with Crippen molar-refractivity contribution < 1.29 is 9.47 Å². The lowest BCUT2D eigenvalue weighted by atomic mass is 10.1. The van der Waals surface area contributed by atoms with Crippen LogP contribution in [0.2, 0.25) is 0 Å². The van der Waals surface area contributed by atoms with E-state index in [-0.39, 0.29) is 0 Å². The van der Waals surface area contributed by atoms with Crippen LogP contribution in [0.25, 0.3) is 0 Å². The molecule has 1 N–H and O–H groups in total. The van der Waals surface area contributed by atoms with Gasteiger partial charge >= 0.3 is 0 Å². The van der Waals surface area contributed by atoms with E-state index < -0.39 is 0 Å². The summed E-state index contributed by atoms with van der Waals surface area (Å²) in [6.07, 6.45) is 5.03. The fraction of sp³-hybridized carbons (Fsp3) is 0.647. The van der Waals surface area contributed by atoms with Crippen LogP contribution in [0, 0.1) is 0 Å². The van der Waals surface area contributed by atoms with E-state index in [4.69, 9.17) is 9.47 Å². The van der Waals surface area contributed by atoms with Crippen molar-refractivity contribution in [3.8, 4) is 0 Å². The minimum absolute atomic E-state index is 0.672. The summed E-state index contributed by atoms with van der Waals surface area (Å²) < 4.78 is 10.4. The van der Waals surface area contributed by atoms with Crippen molar-refractivity contribution in [3.05, 3.63) is 24.3 Å². The highest BCUT2D eigenvalue weighted by Crippen LogP contribution is 2.21. The Kier molecular flexibility index (Phi) is 7.39. The number of anilines is 2. The van der Waals surface area contributed by atoms with Gasteiger partial charge in [0.1, 0.15) is 0 Å². The number of methoxy groups -OCH3 is 1. The van der Waals surface area contributed by atoms with E-state index in [1.54, 1.807) is 7.11 Å². The number of nitrogens with zero attached hydrogens (tertiary/aromatic N) is 1. The van der Waals surface area contributed by atoms with Crippen molar-refractivity contribution in [1.29, 1.82) is 0 Å². The Morgan fingerprint density at radius 1 is 1.00 bits per heavy atom. The van der Waals surface area contributed by atoms with Gasteiger partial charge in [-0.25, -0.2) is 0 Å². The molecule has 0 unspecified atom stereocenters. The molecule has 1 saturated heterocycles. The molecule has 1 heterocycles. The Hall–Kier alpha value is -1.26. The molecule has 118 valence electrons. The topological polar surface area (TPSA) is 33.7 Å². The summed E-state index contributed by atoms with van der Waals surface area (Å²) in [7, 11) is 1.69. The predicted octanol–water partition coefficient (Wildman–Crippen LogP) is 3.14. The largest absolute Gasteiger partial charge is 0.385 e. The number of hydrogen-bond donors (Lipinski definition) is 1. The first-order valence-corrected chi connectivity index (χ1v) is 8.06. The van der Waals surface area contributed by atoms with E-state index in [2.05, 4.69) is 34.5 Å². The molecular formula is C17H28N2O2. The number of benzene rings is 1. The van der Waals surface area contributed by atoms with Gasteiger partial charge in [-0.1, -0.05) is 0 Å². The van der Waals surface area contributed by atoms with Gasteiger partial charge < -0.3 is 19.7 Å². The van der Waals surface area contributed by atoms with Crippen LogP contribution in [0.3, 0.4) is 0 Å². The minimum Gasteiger partial charge on any atom is -0.385 e. The second-order valence-corrected chi connectivity index (χ2v) is 5.48. The number of nitrogens with one attached hydrogen (secondary N) is 1. The van der Waals surface area contributed by atoms with Gasteiger partial charge in [0.05, 0.1) is 13.2 Å². The third-order valence-corrected chi connectivity index (χ3v) is 3.81. The summed E-state index contributed by atoms with van der Waals surface area (Å²) in [5.74, 6) is 0. The lowest BCUT2D eigenvalue weighted by Gasteiger charge is -2.28. The van der Waals surface area contributed by atoms with Gasteiger partial charge in [0.2, 0.25) is 0 Å². The molecule has 0 bridgehead atoms. The molecule has 4 heteroatoms. The smallest absolute Gasteiger partial charge is 0.0700 e. The monoisotopic (exact) mass is 292 g/mol. The predicted molar refractivity (Wildman–Crippen MR) is 88.3 cm³/mol. The van der Waals surface area contributed by atoms with E-state index >= 15 is 0 Å². The molecule has 0 amide bonds. The zero-order valence-electron chi connectivity index (χ0n) is 13.1. The molecule has 0 radical (unpaired) electrons. The highest BCUT2D eigenvalue weighted by atomic mass is 16.5. The van der Waals surface area contributed by atoms with Crippen molar-refractivity contribution in [2.24, 2.45) is 0 Å². The highest BCUT2D eigenvalue weighted by Gasteiger charge is 2.10. The summed E-state index contributed by atoms with van der Waals surface area (Å²) in [5, 5.41) is 3.44. The molecule has 21 heavy (non-hydrogen) atoms. The van der Waals surface area contributed by atoms with Crippen LogP contribution in [0.5, 0.6) is 0 Å². The molecule has 0 aliphatic carbocycles. The maximum absolute atomic E-state index is 5.44. The van der Waals surface area contributed by atoms with E-state index in [0.717, 1.165) is 19.6 Å². The Balaban J connectivity index is 1.63. The zero-order chi connectivity index (χ0) is 14.8. The van der Waals surface area contributed by atoms with Gasteiger partial charge in [0.25, 0.3) is 0 Å². The van der Waals surface area contributed by atoms with Gasteiger partial charge in [0, 0.05) is 44.7 Å². The Bertz CT molecular complexity index is 375. The third kappa shape index (κ3) is 5.94. The van der Waals surface area contributed by atoms with Gasteiger partial charge in [-0.2, -0.15) is 0 Å². The maximum Gasteiger partial charge on any atom is 0.0700 e. The first kappa shape index (κ1) is 16.1. The molecule has 1 fully saturated rings. The Morgan fingerprint density at radius 3 is 2.48 bits per heavy atom. The van der Waals surface area contributed by atoms with Crippen LogP contribution >= 0.6 is 0 Å². The molecule has 0 spiro atoms. The van der Waals surface area contributed by atoms with Crippen LogP contribution in [0.4, 0.5) is 11.4 Å². The van der Waals surface area contributed by atoms with Crippen molar-refractivity contribution in [2.45, 2.75) is 25.7 Å². The van der Waals surface area contributed by atoms with Gasteiger partial charge in [-0.05, 0) is 49.9 Å². The number of piperidine rings is 1. The van der Waals surface area contributed by atoms with E-state index in [9.17, 15) is 0 Å². The van der Waals surface area contributed by atoms with Gasteiger partial charge in [0.15, 0.2) is 0 Å². The SMILES string of the molecule is COCCOCCCNc1ccc(N2CCCCC2)cc1. The Labute approximate surface area is 128 Å². The number of rotatable bonds is 9. The first-order chi connectivity index (χ1) is 10.4. The molecule has 0 aromatic heterocycles. The molecule has 0 atom stereocenters. The van der Waals surface area contributed by atoms with Gasteiger partial charge in [-0.3, -0.25) is 0 Å². The van der Waals surface area contributed by atoms with Crippen molar-refractivity contribution in [2.75, 3.05) is 56.8 Å². The molecule has 1 aliphatic heterocycles. The molecule has 1 aromatic rings. The van der Waals surface area contributed by atoms with Gasteiger partial charge in [-0.15, -0.1) is 0 Å². The minimum atomic E-state index is 0.672. The van der Waals surface area contributed by atoms with Crippen LogP contribution in [0.1, 0.15) is 25.7 Å². The van der Waals surface area contributed by atoms with Crippen LogP contribution in [0.15, 0.2) is 24.3 Å². The van der Waals surface area contributed by atoms with Crippen LogP contribution < -0.4 is 10.2 Å². The number of ether oxygens (including phenoxy) is 2. The summed E-state index contributed by atoms with van der Waals surface area (Å²) in [6, 6.07) is 8.80. The summed E-state index contributed by atoms with van der Waals surface area (Å²) in [4.78, 5) is 2.48.